The number of anilines is 1. The number of hydrogen-bond donors (Lipinski definition) is 1. The van der Waals surface area contributed by atoms with Crippen molar-refractivity contribution < 1.29 is 18.0 Å². The fourth-order valence-electron chi connectivity index (χ4n) is 1.17. The lowest BCUT2D eigenvalue weighted by atomic mass is 10.1. The lowest BCUT2D eigenvalue weighted by Crippen LogP contribution is -2.10. The van der Waals surface area contributed by atoms with Crippen molar-refractivity contribution in [2.45, 2.75) is 13.1 Å². The topological polar surface area (TPSA) is 43.1 Å². The lowest BCUT2D eigenvalue weighted by Gasteiger charge is -2.12. The fourth-order valence-corrected chi connectivity index (χ4v) is 1.58. The highest BCUT2D eigenvalue weighted by atomic mass is 35.5. The number of benzene rings is 1. The molecule has 82 valence electrons. The molecule has 0 unspecified atom stereocenters. The summed E-state index contributed by atoms with van der Waals surface area (Å²) in [5.74, 6) is -0.594. The predicted octanol–water partition coefficient (Wildman–Crippen LogP) is 3.14. The summed E-state index contributed by atoms with van der Waals surface area (Å²) in [4.78, 5) is 11.0. The van der Waals surface area contributed by atoms with E-state index >= 15 is 0 Å². The summed E-state index contributed by atoms with van der Waals surface area (Å²) < 4.78 is 37.2. The third-order valence-electron chi connectivity index (χ3n) is 1.83. The van der Waals surface area contributed by atoms with E-state index in [9.17, 15) is 18.0 Å². The van der Waals surface area contributed by atoms with Crippen molar-refractivity contribution in [2.24, 2.45) is 0 Å². The normalized spacial score (nSPS) is 11.5. The van der Waals surface area contributed by atoms with Crippen LogP contribution in [0.2, 0.25) is 5.02 Å². The van der Waals surface area contributed by atoms with Gasteiger partial charge in [0.2, 0.25) is 0 Å². The maximum Gasteiger partial charge on any atom is 0.417 e. The molecule has 0 saturated heterocycles. The van der Waals surface area contributed by atoms with Gasteiger partial charge < -0.3 is 5.73 Å². The number of rotatable bonds is 1. The largest absolute Gasteiger partial charge is 0.417 e. The number of hydrogen-bond acceptors (Lipinski definition) is 2. The minimum Gasteiger partial charge on any atom is -0.398 e. The maximum atomic E-state index is 12.4. The van der Waals surface area contributed by atoms with Gasteiger partial charge in [0.15, 0.2) is 5.78 Å². The van der Waals surface area contributed by atoms with Crippen LogP contribution in [-0.2, 0) is 6.18 Å². The number of carbonyl (C=O) groups excluding carboxylic acids is 1. The van der Waals surface area contributed by atoms with Crippen molar-refractivity contribution in [3.8, 4) is 0 Å². The Morgan fingerprint density at radius 3 is 2.33 bits per heavy atom. The number of alkyl halides is 3. The molecule has 2 nitrogen and oxygen atoms in total. The first-order valence-electron chi connectivity index (χ1n) is 3.91. The quantitative estimate of drug-likeness (QED) is 0.602. The van der Waals surface area contributed by atoms with Gasteiger partial charge in [-0.05, 0) is 19.1 Å². The molecule has 15 heavy (non-hydrogen) atoms. The smallest absolute Gasteiger partial charge is 0.398 e. The third kappa shape index (κ3) is 2.23. The molecule has 0 amide bonds. The van der Waals surface area contributed by atoms with Gasteiger partial charge in [0.25, 0.3) is 0 Å². The summed E-state index contributed by atoms with van der Waals surface area (Å²) in [6.45, 7) is 1.11. The zero-order valence-corrected chi connectivity index (χ0v) is 8.41. The van der Waals surface area contributed by atoms with Crippen LogP contribution in [0.25, 0.3) is 0 Å². The van der Waals surface area contributed by atoms with Crippen LogP contribution in [0, 0.1) is 0 Å². The number of nitrogens with two attached hydrogens (primary N) is 1. The van der Waals surface area contributed by atoms with Crippen LogP contribution in [0.4, 0.5) is 18.9 Å². The zero-order chi connectivity index (χ0) is 11.8. The summed E-state index contributed by atoms with van der Waals surface area (Å²) in [6.07, 6.45) is -4.59. The van der Waals surface area contributed by atoms with Gasteiger partial charge in [-0.1, -0.05) is 11.6 Å². The fraction of sp³-hybridized carbons (Fsp3) is 0.222. The first-order valence-corrected chi connectivity index (χ1v) is 4.29. The minimum atomic E-state index is -4.59. The number of Topliss-reactive ketones (excluding diaryl/α,β-unsaturated/α-hetero) is 1. The highest BCUT2D eigenvalue weighted by Gasteiger charge is 2.35. The molecule has 1 aromatic carbocycles. The molecule has 0 spiro atoms. The molecular formula is C9H7ClF3NO. The Balaban J connectivity index is 3.49. The van der Waals surface area contributed by atoms with Crippen molar-refractivity contribution in [3.63, 3.8) is 0 Å². The average Bonchev–Trinajstić information content (AvgIpc) is 2.00. The van der Waals surface area contributed by atoms with Crippen LogP contribution in [0.1, 0.15) is 22.8 Å². The summed E-state index contributed by atoms with van der Waals surface area (Å²) in [5, 5.41) is -0.644. The van der Waals surface area contributed by atoms with E-state index in [0.29, 0.717) is 0 Å². The number of ketones is 1. The monoisotopic (exact) mass is 237 g/mol. The highest BCUT2D eigenvalue weighted by molar-refractivity contribution is 6.35. The maximum absolute atomic E-state index is 12.4. The van der Waals surface area contributed by atoms with Crippen molar-refractivity contribution in [3.05, 3.63) is 28.3 Å². The SMILES string of the molecule is CC(=O)c1c(N)ccc(C(F)(F)F)c1Cl. The summed E-state index contributed by atoms with van der Waals surface area (Å²) in [6, 6.07) is 1.77. The van der Waals surface area contributed by atoms with Crippen LogP contribution in [0.5, 0.6) is 0 Å². The third-order valence-corrected chi connectivity index (χ3v) is 2.22. The Morgan fingerprint density at radius 2 is 1.93 bits per heavy atom. The molecule has 2 N–H and O–H groups in total. The van der Waals surface area contributed by atoms with E-state index in [1.807, 2.05) is 0 Å². The van der Waals surface area contributed by atoms with Gasteiger partial charge in [-0.25, -0.2) is 0 Å². The molecule has 0 heterocycles. The van der Waals surface area contributed by atoms with Crippen molar-refractivity contribution in [2.75, 3.05) is 5.73 Å². The Labute approximate surface area is 88.8 Å². The van der Waals surface area contributed by atoms with Gasteiger partial charge in [0.05, 0.1) is 16.1 Å². The average molecular weight is 238 g/mol. The van der Waals surface area contributed by atoms with Crippen molar-refractivity contribution in [1.29, 1.82) is 0 Å². The van der Waals surface area contributed by atoms with Gasteiger partial charge in [-0.3, -0.25) is 4.79 Å². The second kappa shape index (κ2) is 3.73. The van der Waals surface area contributed by atoms with Crippen molar-refractivity contribution in [1.82, 2.24) is 0 Å². The number of nitrogen functional groups attached to an aromatic ring is 1. The van der Waals surface area contributed by atoms with Gasteiger partial charge in [0.1, 0.15) is 0 Å². The van der Waals surface area contributed by atoms with Crippen LogP contribution < -0.4 is 5.73 Å². The molecule has 1 aromatic rings. The van der Waals surface area contributed by atoms with Crippen molar-refractivity contribution >= 4 is 23.1 Å². The molecule has 0 fully saturated rings. The van der Waals surface area contributed by atoms with E-state index in [0.717, 1.165) is 19.1 Å². The summed E-state index contributed by atoms with van der Waals surface area (Å²) >= 11 is 5.47. The van der Waals surface area contributed by atoms with E-state index in [1.54, 1.807) is 0 Å². The Morgan fingerprint density at radius 1 is 1.40 bits per heavy atom. The molecule has 0 aromatic heterocycles. The van der Waals surface area contributed by atoms with Gasteiger partial charge in [0, 0.05) is 5.69 Å². The Kier molecular flexibility index (Phi) is 2.95. The number of halogens is 4. The zero-order valence-electron chi connectivity index (χ0n) is 7.65. The first-order chi connectivity index (χ1) is 6.75. The molecule has 0 atom stereocenters. The molecule has 0 radical (unpaired) electrons. The number of carbonyl (C=O) groups is 1. The van der Waals surface area contributed by atoms with Gasteiger partial charge in [-0.2, -0.15) is 13.2 Å². The first kappa shape index (κ1) is 11.8. The minimum absolute atomic E-state index is 0.0551. The van der Waals surface area contributed by atoms with Crippen LogP contribution in [0.3, 0.4) is 0 Å². The van der Waals surface area contributed by atoms with E-state index in [4.69, 9.17) is 17.3 Å². The van der Waals surface area contributed by atoms with E-state index in [-0.39, 0.29) is 11.3 Å². The van der Waals surface area contributed by atoms with Gasteiger partial charge >= 0.3 is 6.18 Å². The van der Waals surface area contributed by atoms with E-state index < -0.39 is 22.5 Å². The lowest BCUT2D eigenvalue weighted by molar-refractivity contribution is -0.137. The highest BCUT2D eigenvalue weighted by Crippen LogP contribution is 2.38. The van der Waals surface area contributed by atoms with E-state index in [1.165, 1.54) is 0 Å². The standard InChI is InChI=1S/C9H7ClF3NO/c1-4(15)7-6(14)3-2-5(8(7)10)9(11,12)13/h2-3H,14H2,1H3. The summed E-state index contributed by atoms with van der Waals surface area (Å²) in [5.41, 5.74) is 3.97. The predicted molar refractivity (Wildman–Crippen MR) is 50.9 cm³/mol. The second-order valence-electron chi connectivity index (χ2n) is 2.95. The van der Waals surface area contributed by atoms with Crippen LogP contribution >= 0.6 is 11.6 Å². The Bertz CT molecular complexity index is 415. The molecule has 0 aliphatic rings. The Hall–Kier alpha value is -1.23. The van der Waals surface area contributed by atoms with Crippen LogP contribution in [-0.4, -0.2) is 5.78 Å². The molecule has 0 aliphatic heterocycles. The van der Waals surface area contributed by atoms with E-state index in [2.05, 4.69) is 0 Å². The molecule has 0 aliphatic carbocycles. The second-order valence-corrected chi connectivity index (χ2v) is 3.32. The van der Waals surface area contributed by atoms with Crippen LogP contribution in [0.15, 0.2) is 12.1 Å². The summed E-state index contributed by atoms with van der Waals surface area (Å²) in [7, 11) is 0. The molecular weight excluding hydrogens is 231 g/mol. The molecule has 0 bridgehead atoms. The molecule has 0 saturated carbocycles. The molecule has 1 rings (SSSR count). The molecule has 6 heteroatoms. The van der Waals surface area contributed by atoms with Gasteiger partial charge in [-0.15, -0.1) is 0 Å².